The van der Waals surface area contributed by atoms with Gasteiger partial charge in [0, 0.05) is 18.8 Å². The summed E-state index contributed by atoms with van der Waals surface area (Å²) in [5.74, 6) is -0.690. The Morgan fingerprint density at radius 1 is 1.33 bits per heavy atom. The van der Waals surface area contributed by atoms with Crippen LogP contribution in [0.3, 0.4) is 0 Å². The maximum Gasteiger partial charge on any atom is 0.284 e. The van der Waals surface area contributed by atoms with Crippen LogP contribution in [0.5, 0.6) is 0 Å². The average molecular weight is 382 g/mol. The minimum absolute atomic E-state index is 0.177. The third-order valence-electron chi connectivity index (χ3n) is 4.00. The molecule has 1 aliphatic heterocycles. The zero-order valence-corrected chi connectivity index (χ0v) is 15.3. The number of furan rings is 1. The molecular formula is C15H24F2N2O3S2. The topological polar surface area (TPSA) is 62.6 Å². The Labute approximate surface area is 146 Å². The van der Waals surface area contributed by atoms with E-state index < -0.39 is 15.6 Å². The predicted octanol–water partition coefficient (Wildman–Crippen LogP) is 2.33. The van der Waals surface area contributed by atoms with Crippen molar-refractivity contribution >= 4 is 21.6 Å². The molecule has 2 rings (SSSR count). The molecule has 1 aromatic rings. The van der Waals surface area contributed by atoms with E-state index in [0.717, 1.165) is 31.7 Å². The lowest BCUT2D eigenvalue weighted by atomic mass is 10.1. The van der Waals surface area contributed by atoms with E-state index >= 15 is 0 Å². The van der Waals surface area contributed by atoms with Crippen LogP contribution in [0.25, 0.3) is 0 Å². The molecule has 0 bridgehead atoms. The Morgan fingerprint density at radius 3 is 2.62 bits per heavy atom. The molecule has 0 radical (unpaired) electrons. The largest absolute Gasteiger partial charge is 0.464 e. The van der Waals surface area contributed by atoms with Crippen LogP contribution in [0.4, 0.5) is 8.78 Å². The highest BCUT2D eigenvalue weighted by Gasteiger charge is 2.20. The summed E-state index contributed by atoms with van der Waals surface area (Å²) < 4.78 is 52.2. The number of thioether (sulfide) groups is 1. The molecule has 5 nitrogen and oxygen atoms in total. The summed E-state index contributed by atoms with van der Waals surface area (Å²) in [5.41, 5.74) is 0. The number of piperidine rings is 1. The molecule has 138 valence electrons. The van der Waals surface area contributed by atoms with Crippen molar-refractivity contribution in [3.8, 4) is 0 Å². The molecule has 0 aliphatic carbocycles. The first kappa shape index (κ1) is 19.7. The number of likely N-dealkylation sites (tertiary alicyclic amines) is 1. The third kappa shape index (κ3) is 7.50. The standard InChI is InChI=1S/C15H24F2N2O3S2/c1-24(20,21)9-8-19-6-4-12(5-7-19)18-10-13-2-3-14(22-13)11-23-15(16)17/h2-3,12,15,18H,4-11H2,1H3. The van der Waals surface area contributed by atoms with Crippen molar-refractivity contribution in [1.82, 2.24) is 10.2 Å². The van der Waals surface area contributed by atoms with Crippen molar-refractivity contribution in [2.75, 3.05) is 31.6 Å². The highest BCUT2D eigenvalue weighted by molar-refractivity contribution is 7.98. The van der Waals surface area contributed by atoms with Crippen LogP contribution >= 0.6 is 11.8 Å². The van der Waals surface area contributed by atoms with Crippen molar-refractivity contribution in [2.45, 2.75) is 36.9 Å². The summed E-state index contributed by atoms with van der Waals surface area (Å²) in [6.45, 7) is 2.92. The first-order valence-electron chi connectivity index (χ1n) is 7.92. The van der Waals surface area contributed by atoms with Gasteiger partial charge in [-0.25, -0.2) is 8.42 Å². The van der Waals surface area contributed by atoms with Crippen LogP contribution in [0, 0.1) is 0 Å². The zero-order chi connectivity index (χ0) is 17.6. The second-order valence-electron chi connectivity index (χ2n) is 6.07. The third-order valence-corrected chi connectivity index (χ3v) is 5.63. The van der Waals surface area contributed by atoms with E-state index in [2.05, 4.69) is 10.2 Å². The monoisotopic (exact) mass is 382 g/mol. The quantitative estimate of drug-likeness (QED) is 0.707. The molecule has 0 atom stereocenters. The van der Waals surface area contributed by atoms with Gasteiger partial charge in [-0.3, -0.25) is 0 Å². The molecule has 0 amide bonds. The Morgan fingerprint density at radius 2 is 2.00 bits per heavy atom. The molecule has 9 heteroatoms. The fourth-order valence-corrected chi connectivity index (χ4v) is 3.68. The van der Waals surface area contributed by atoms with Crippen molar-refractivity contribution in [3.63, 3.8) is 0 Å². The van der Waals surface area contributed by atoms with Gasteiger partial charge in [0.2, 0.25) is 0 Å². The Balaban J connectivity index is 1.65. The SMILES string of the molecule is CS(=O)(=O)CCN1CCC(NCc2ccc(CSC(F)F)o2)CC1. The second kappa shape index (κ2) is 9.17. The maximum atomic E-state index is 12.1. The van der Waals surface area contributed by atoms with E-state index in [9.17, 15) is 17.2 Å². The van der Waals surface area contributed by atoms with Crippen LogP contribution in [-0.2, 0) is 22.1 Å². The van der Waals surface area contributed by atoms with Crippen LogP contribution < -0.4 is 5.32 Å². The molecule has 0 saturated carbocycles. The summed E-state index contributed by atoms with van der Waals surface area (Å²) in [4.78, 5) is 2.17. The van der Waals surface area contributed by atoms with Gasteiger partial charge in [-0.05, 0) is 38.1 Å². The van der Waals surface area contributed by atoms with E-state index in [1.165, 1.54) is 6.26 Å². The summed E-state index contributed by atoms with van der Waals surface area (Å²) in [6.07, 6.45) is 3.18. The van der Waals surface area contributed by atoms with E-state index in [1.807, 2.05) is 6.07 Å². The van der Waals surface area contributed by atoms with Crippen molar-refractivity contribution in [1.29, 1.82) is 0 Å². The first-order valence-corrected chi connectivity index (χ1v) is 11.0. The molecule has 0 spiro atoms. The number of nitrogens with one attached hydrogen (secondary N) is 1. The van der Waals surface area contributed by atoms with Gasteiger partial charge < -0.3 is 14.6 Å². The summed E-state index contributed by atoms with van der Waals surface area (Å²) in [6, 6.07) is 3.92. The van der Waals surface area contributed by atoms with E-state index in [0.29, 0.717) is 36.7 Å². The Bertz CT molecular complexity index is 600. The number of alkyl halides is 2. The molecule has 0 unspecified atom stereocenters. The zero-order valence-electron chi connectivity index (χ0n) is 13.7. The average Bonchev–Trinajstić information content (AvgIpc) is 2.97. The molecule has 1 aliphatic rings. The van der Waals surface area contributed by atoms with Crippen molar-refractivity contribution in [2.24, 2.45) is 0 Å². The maximum absolute atomic E-state index is 12.1. The second-order valence-corrected chi connectivity index (χ2v) is 9.30. The van der Waals surface area contributed by atoms with Crippen molar-refractivity contribution < 1.29 is 21.6 Å². The van der Waals surface area contributed by atoms with Crippen LogP contribution in [0.15, 0.2) is 16.5 Å². The van der Waals surface area contributed by atoms with Gasteiger partial charge in [0.1, 0.15) is 21.4 Å². The molecule has 2 heterocycles. The fourth-order valence-electron chi connectivity index (χ4n) is 2.64. The fraction of sp³-hybridized carbons (Fsp3) is 0.733. The summed E-state index contributed by atoms with van der Waals surface area (Å²) in [5, 5.41) is 3.42. The van der Waals surface area contributed by atoms with Gasteiger partial charge in [-0.15, -0.1) is 0 Å². The minimum atomic E-state index is -2.91. The van der Waals surface area contributed by atoms with Gasteiger partial charge >= 0.3 is 0 Å². The number of sulfone groups is 1. The summed E-state index contributed by atoms with van der Waals surface area (Å²) in [7, 11) is -2.91. The Hall–Kier alpha value is -0.640. The first-order chi connectivity index (χ1) is 11.3. The molecule has 1 fully saturated rings. The van der Waals surface area contributed by atoms with E-state index in [4.69, 9.17) is 4.42 Å². The van der Waals surface area contributed by atoms with Gasteiger partial charge in [0.25, 0.3) is 5.76 Å². The number of nitrogens with zero attached hydrogens (tertiary/aromatic N) is 1. The van der Waals surface area contributed by atoms with Gasteiger partial charge in [0.05, 0.1) is 18.1 Å². The van der Waals surface area contributed by atoms with Gasteiger partial charge in [0.15, 0.2) is 0 Å². The molecule has 1 saturated heterocycles. The number of hydrogen-bond acceptors (Lipinski definition) is 6. The number of halogens is 2. The Kier molecular flexibility index (Phi) is 7.52. The molecule has 24 heavy (non-hydrogen) atoms. The highest BCUT2D eigenvalue weighted by atomic mass is 32.2. The van der Waals surface area contributed by atoms with Gasteiger partial charge in [-0.1, -0.05) is 11.8 Å². The summed E-state index contributed by atoms with van der Waals surface area (Å²) >= 11 is 0.555. The molecular weight excluding hydrogens is 358 g/mol. The smallest absolute Gasteiger partial charge is 0.284 e. The lowest BCUT2D eigenvalue weighted by Crippen LogP contribution is -2.43. The van der Waals surface area contributed by atoms with Crippen molar-refractivity contribution in [3.05, 3.63) is 23.7 Å². The molecule has 0 aromatic carbocycles. The predicted molar refractivity (Wildman–Crippen MR) is 92.0 cm³/mol. The normalized spacial score (nSPS) is 17.7. The van der Waals surface area contributed by atoms with Crippen LogP contribution in [-0.4, -0.2) is 56.8 Å². The molecule has 1 N–H and O–H groups in total. The number of rotatable bonds is 9. The van der Waals surface area contributed by atoms with Gasteiger partial charge in [-0.2, -0.15) is 8.78 Å². The number of hydrogen-bond donors (Lipinski definition) is 1. The van der Waals surface area contributed by atoms with E-state index in [1.54, 1.807) is 6.07 Å². The van der Waals surface area contributed by atoms with Crippen LogP contribution in [0.1, 0.15) is 24.4 Å². The van der Waals surface area contributed by atoms with E-state index in [-0.39, 0.29) is 11.5 Å². The lowest BCUT2D eigenvalue weighted by molar-refractivity contribution is 0.205. The minimum Gasteiger partial charge on any atom is -0.464 e. The molecule has 1 aromatic heterocycles. The van der Waals surface area contributed by atoms with Crippen LogP contribution in [0.2, 0.25) is 0 Å². The lowest BCUT2D eigenvalue weighted by Gasteiger charge is -2.32. The highest BCUT2D eigenvalue weighted by Crippen LogP contribution is 2.21.